The molecule has 0 fully saturated rings. The topological polar surface area (TPSA) is 38.3 Å². The molecular weight excluding hydrogens is 185 g/mol. The van der Waals surface area contributed by atoms with Crippen LogP contribution in [0.2, 0.25) is 0 Å². The van der Waals surface area contributed by atoms with Gasteiger partial charge in [-0.15, -0.1) is 0 Å². The quantitative estimate of drug-likeness (QED) is 0.741. The minimum absolute atomic E-state index is 0.325. The Balaban J connectivity index is 2.89. The number of benzene rings is 1. The number of methoxy groups -OCH3 is 1. The van der Waals surface area contributed by atoms with E-state index in [1.54, 1.807) is 19.2 Å². The third-order valence-electron chi connectivity index (χ3n) is 1.93. The average Bonchev–Trinajstić information content (AvgIpc) is 2.21. The van der Waals surface area contributed by atoms with Crippen molar-refractivity contribution in [2.45, 2.75) is 6.04 Å². The van der Waals surface area contributed by atoms with Crippen molar-refractivity contribution in [3.8, 4) is 0 Å². The van der Waals surface area contributed by atoms with E-state index in [4.69, 9.17) is 0 Å². The minimum Gasteiger partial charge on any atom is -0.468 e. The summed E-state index contributed by atoms with van der Waals surface area (Å²) < 4.78 is 17.2. The Morgan fingerprint density at radius 3 is 2.43 bits per heavy atom. The maximum Gasteiger partial charge on any atom is 0.327 e. The summed E-state index contributed by atoms with van der Waals surface area (Å²) in [7, 11) is 2.96. The molecule has 1 unspecified atom stereocenters. The lowest BCUT2D eigenvalue weighted by molar-refractivity contribution is -0.143. The number of carbonyl (C=O) groups is 1. The molecule has 1 aromatic rings. The number of likely N-dealkylation sites (N-methyl/N-ethyl adjacent to an activating group) is 1. The van der Waals surface area contributed by atoms with Crippen LogP contribution in [0.3, 0.4) is 0 Å². The lowest BCUT2D eigenvalue weighted by Crippen LogP contribution is -2.26. The molecule has 1 rings (SSSR count). The molecule has 0 radical (unpaired) electrons. The van der Waals surface area contributed by atoms with E-state index in [2.05, 4.69) is 10.1 Å². The van der Waals surface area contributed by atoms with Crippen molar-refractivity contribution in [1.82, 2.24) is 5.32 Å². The molecule has 0 aromatic heterocycles. The number of halogens is 1. The van der Waals surface area contributed by atoms with E-state index in [1.807, 2.05) is 0 Å². The standard InChI is InChI=1S/C10H12FNO2/c1-12-9(10(13)14-2)7-3-5-8(11)6-4-7/h3-6,9,12H,1-2H3. The van der Waals surface area contributed by atoms with E-state index in [0.29, 0.717) is 5.56 Å². The summed E-state index contributed by atoms with van der Waals surface area (Å²) in [6.45, 7) is 0. The molecule has 1 aromatic carbocycles. The number of hydrogen-bond donors (Lipinski definition) is 1. The van der Waals surface area contributed by atoms with Gasteiger partial charge in [0, 0.05) is 0 Å². The van der Waals surface area contributed by atoms with E-state index in [-0.39, 0.29) is 11.8 Å². The molecule has 0 saturated heterocycles. The number of esters is 1. The van der Waals surface area contributed by atoms with Crippen molar-refractivity contribution < 1.29 is 13.9 Å². The molecule has 3 nitrogen and oxygen atoms in total. The van der Waals surface area contributed by atoms with Gasteiger partial charge in [0.25, 0.3) is 0 Å². The maximum absolute atomic E-state index is 12.6. The summed E-state index contributed by atoms with van der Waals surface area (Å²) in [5, 5.41) is 2.79. The van der Waals surface area contributed by atoms with Crippen LogP contribution in [-0.2, 0) is 9.53 Å². The highest BCUT2D eigenvalue weighted by atomic mass is 19.1. The molecule has 1 atom stereocenters. The molecule has 1 N–H and O–H groups in total. The lowest BCUT2D eigenvalue weighted by atomic mass is 10.1. The molecule has 14 heavy (non-hydrogen) atoms. The zero-order valence-corrected chi connectivity index (χ0v) is 8.08. The van der Waals surface area contributed by atoms with Crippen LogP contribution >= 0.6 is 0 Å². The summed E-state index contributed by atoms with van der Waals surface area (Å²) in [5.74, 6) is -0.715. The van der Waals surface area contributed by atoms with E-state index in [9.17, 15) is 9.18 Å². The predicted octanol–water partition coefficient (Wildman–Crippen LogP) is 1.26. The summed E-state index contributed by atoms with van der Waals surface area (Å²) in [4.78, 5) is 11.2. The van der Waals surface area contributed by atoms with Crippen molar-refractivity contribution in [3.05, 3.63) is 35.6 Å². The molecule has 0 aliphatic carbocycles. The fourth-order valence-electron chi connectivity index (χ4n) is 1.19. The van der Waals surface area contributed by atoms with Crippen molar-refractivity contribution in [2.75, 3.05) is 14.2 Å². The normalized spacial score (nSPS) is 12.2. The zero-order chi connectivity index (χ0) is 10.6. The number of rotatable bonds is 3. The van der Waals surface area contributed by atoms with E-state index >= 15 is 0 Å². The Labute approximate surface area is 81.9 Å². The first kappa shape index (κ1) is 10.7. The van der Waals surface area contributed by atoms with Gasteiger partial charge < -0.3 is 10.1 Å². The Morgan fingerprint density at radius 2 is 2.00 bits per heavy atom. The van der Waals surface area contributed by atoms with Gasteiger partial charge in [-0.25, -0.2) is 9.18 Å². The Morgan fingerprint density at radius 1 is 1.43 bits per heavy atom. The average molecular weight is 197 g/mol. The van der Waals surface area contributed by atoms with Gasteiger partial charge in [0.15, 0.2) is 0 Å². The van der Waals surface area contributed by atoms with Gasteiger partial charge in [-0.1, -0.05) is 12.1 Å². The summed E-state index contributed by atoms with van der Waals surface area (Å²) in [6, 6.07) is 5.17. The van der Waals surface area contributed by atoms with Crippen LogP contribution < -0.4 is 5.32 Å². The largest absolute Gasteiger partial charge is 0.468 e. The van der Waals surface area contributed by atoms with Crippen molar-refractivity contribution in [1.29, 1.82) is 0 Å². The zero-order valence-electron chi connectivity index (χ0n) is 8.08. The first-order valence-corrected chi connectivity index (χ1v) is 4.19. The maximum atomic E-state index is 12.6. The van der Waals surface area contributed by atoms with Crippen LogP contribution in [0.25, 0.3) is 0 Å². The fourth-order valence-corrected chi connectivity index (χ4v) is 1.19. The van der Waals surface area contributed by atoms with Gasteiger partial charge in [-0.3, -0.25) is 0 Å². The van der Waals surface area contributed by atoms with Crippen LogP contribution in [-0.4, -0.2) is 20.1 Å². The predicted molar refractivity (Wildman–Crippen MR) is 50.2 cm³/mol. The third kappa shape index (κ3) is 2.29. The molecule has 0 amide bonds. The Hall–Kier alpha value is -1.42. The molecule has 0 heterocycles. The second kappa shape index (κ2) is 4.72. The number of nitrogens with one attached hydrogen (secondary N) is 1. The van der Waals surface area contributed by atoms with E-state index < -0.39 is 6.04 Å². The SMILES string of the molecule is CNC(C(=O)OC)c1ccc(F)cc1. The van der Waals surface area contributed by atoms with E-state index in [0.717, 1.165) is 0 Å². The van der Waals surface area contributed by atoms with Crippen molar-refractivity contribution in [3.63, 3.8) is 0 Å². The van der Waals surface area contributed by atoms with Crippen molar-refractivity contribution in [2.24, 2.45) is 0 Å². The van der Waals surface area contributed by atoms with Gasteiger partial charge in [0.05, 0.1) is 7.11 Å². The Kier molecular flexibility index (Phi) is 3.59. The summed E-state index contributed by atoms with van der Waals surface area (Å²) in [6.07, 6.45) is 0. The highest BCUT2D eigenvalue weighted by Crippen LogP contribution is 2.14. The number of hydrogen-bond acceptors (Lipinski definition) is 3. The van der Waals surface area contributed by atoms with Gasteiger partial charge >= 0.3 is 5.97 Å². The molecule has 0 saturated carbocycles. The fraction of sp³-hybridized carbons (Fsp3) is 0.300. The summed E-state index contributed by atoms with van der Waals surface area (Å²) >= 11 is 0. The van der Waals surface area contributed by atoms with Crippen LogP contribution in [0.1, 0.15) is 11.6 Å². The van der Waals surface area contributed by atoms with Gasteiger partial charge in [-0.05, 0) is 24.7 Å². The molecule has 76 valence electrons. The van der Waals surface area contributed by atoms with Crippen LogP contribution in [0.15, 0.2) is 24.3 Å². The first-order chi connectivity index (χ1) is 6.69. The third-order valence-corrected chi connectivity index (χ3v) is 1.93. The molecular formula is C10H12FNO2. The van der Waals surface area contributed by atoms with Gasteiger partial charge in [0.2, 0.25) is 0 Å². The van der Waals surface area contributed by atoms with Crippen LogP contribution in [0, 0.1) is 5.82 Å². The molecule has 0 spiro atoms. The van der Waals surface area contributed by atoms with Crippen LogP contribution in [0.4, 0.5) is 4.39 Å². The first-order valence-electron chi connectivity index (χ1n) is 4.19. The van der Waals surface area contributed by atoms with Crippen molar-refractivity contribution >= 4 is 5.97 Å². The highest BCUT2D eigenvalue weighted by Gasteiger charge is 2.18. The monoisotopic (exact) mass is 197 g/mol. The second-order valence-corrected chi connectivity index (χ2v) is 2.80. The lowest BCUT2D eigenvalue weighted by Gasteiger charge is -2.13. The van der Waals surface area contributed by atoms with Crippen LogP contribution in [0.5, 0.6) is 0 Å². The van der Waals surface area contributed by atoms with Gasteiger partial charge in [0.1, 0.15) is 11.9 Å². The smallest absolute Gasteiger partial charge is 0.327 e. The highest BCUT2D eigenvalue weighted by molar-refractivity contribution is 5.77. The van der Waals surface area contributed by atoms with Gasteiger partial charge in [-0.2, -0.15) is 0 Å². The molecule has 0 aliphatic rings. The second-order valence-electron chi connectivity index (χ2n) is 2.80. The number of carbonyl (C=O) groups excluding carboxylic acids is 1. The van der Waals surface area contributed by atoms with E-state index in [1.165, 1.54) is 19.2 Å². The molecule has 0 aliphatic heterocycles. The Bertz CT molecular complexity index is 310. The minimum atomic E-state index is -0.541. The summed E-state index contributed by atoms with van der Waals surface area (Å²) in [5.41, 5.74) is 0.681. The number of ether oxygens (including phenoxy) is 1. The molecule has 4 heteroatoms. The molecule has 0 bridgehead atoms.